The summed E-state index contributed by atoms with van der Waals surface area (Å²) in [6.07, 6.45) is 2.91. The number of hydrogen-bond acceptors (Lipinski definition) is 6. The van der Waals surface area contributed by atoms with Gasteiger partial charge in [0.25, 0.3) is 0 Å². The van der Waals surface area contributed by atoms with Gasteiger partial charge in [-0.3, -0.25) is 9.69 Å². The third-order valence-electron chi connectivity index (χ3n) is 3.14. The number of methoxy groups -OCH3 is 1. The van der Waals surface area contributed by atoms with E-state index in [0.29, 0.717) is 26.1 Å². The molecule has 0 radical (unpaired) electrons. The third-order valence-corrected chi connectivity index (χ3v) is 3.14. The fourth-order valence-corrected chi connectivity index (χ4v) is 2.11. The van der Waals surface area contributed by atoms with Gasteiger partial charge in [-0.2, -0.15) is 0 Å². The summed E-state index contributed by atoms with van der Waals surface area (Å²) in [6.45, 7) is 4.40. The molecule has 1 aromatic rings. The van der Waals surface area contributed by atoms with Crippen molar-refractivity contribution in [1.29, 1.82) is 0 Å². The van der Waals surface area contributed by atoms with Gasteiger partial charge in [-0.1, -0.05) is 6.92 Å². The van der Waals surface area contributed by atoms with Gasteiger partial charge < -0.3 is 19.0 Å². The Hall–Kier alpha value is -1.37. The minimum atomic E-state index is -0.710. The van der Waals surface area contributed by atoms with Crippen LogP contribution in [-0.2, 0) is 20.8 Å². The van der Waals surface area contributed by atoms with Gasteiger partial charge in [0.05, 0.1) is 12.8 Å². The molecular formula is C16H27NO5. The molecule has 1 N–H and O–H groups in total. The predicted molar refractivity (Wildman–Crippen MR) is 82.4 cm³/mol. The number of nitrogens with zero attached hydrogens (tertiary/aromatic N) is 1. The monoisotopic (exact) mass is 313 g/mol. The van der Waals surface area contributed by atoms with Gasteiger partial charge in [0.1, 0.15) is 18.5 Å². The Kier molecular flexibility index (Phi) is 9.54. The fraction of sp³-hybridized carbons (Fsp3) is 0.688. The number of furan rings is 1. The summed E-state index contributed by atoms with van der Waals surface area (Å²) in [5.41, 5.74) is 0. The van der Waals surface area contributed by atoms with Crippen molar-refractivity contribution in [1.82, 2.24) is 4.90 Å². The van der Waals surface area contributed by atoms with Crippen LogP contribution in [0, 0.1) is 0 Å². The van der Waals surface area contributed by atoms with E-state index < -0.39 is 6.10 Å². The van der Waals surface area contributed by atoms with E-state index in [2.05, 4.69) is 4.90 Å². The first-order valence-electron chi connectivity index (χ1n) is 7.73. The summed E-state index contributed by atoms with van der Waals surface area (Å²) >= 11 is 0. The van der Waals surface area contributed by atoms with Gasteiger partial charge in [-0.25, -0.2) is 0 Å². The summed E-state index contributed by atoms with van der Waals surface area (Å²) in [7, 11) is 1.67. The number of rotatable bonds is 12. The van der Waals surface area contributed by atoms with Crippen LogP contribution in [0.4, 0.5) is 0 Å². The van der Waals surface area contributed by atoms with E-state index in [1.165, 1.54) is 0 Å². The first kappa shape index (κ1) is 18.7. The second-order valence-electron chi connectivity index (χ2n) is 5.25. The van der Waals surface area contributed by atoms with Crippen molar-refractivity contribution in [2.45, 2.75) is 38.8 Å². The standard InChI is InChI=1S/C16H27NO5/c1-3-6-16(19)22-13-14(18)11-17(8-5-9-20-2)12-15-7-4-10-21-15/h4,7,10,14,18H,3,5-6,8-9,11-13H2,1-2H3. The molecule has 0 aliphatic rings. The van der Waals surface area contributed by atoms with Gasteiger partial charge in [0, 0.05) is 33.2 Å². The van der Waals surface area contributed by atoms with Gasteiger partial charge in [-0.05, 0) is 25.0 Å². The topological polar surface area (TPSA) is 72.1 Å². The lowest BCUT2D eigenvalue weighted by Crippen LogP contribution is -2.36. The molecule has 1 atom stereocenters. The van der Waals surface area contributed by atoms with Crippen molar-refractivity contribution < 1.29 is 23.8 Å². The molecule has 0 aromatic carbocycles. The van der Waals surface area contributed by atoms with E-state index in [4.69, 9.17) is 13.9 Å². The van der Waals surface area contributed by atoms with Crippen LogP contribution in [0.3, 0.4) is 0 Å². The Morgan fingerprint density at radius 1 is 1.50 bits per heavy atom. The van der Waals surface area contributed by atoms with Crippen molar-refractivity contribution in [3.8, 4) is 0 Å². The first-order chi connectivity index (χ1) is 10.7. The molecule has 1 unspecified atom stereocenters. The van der Waals surface area contributed by atoms with E-state index in [0.717, 1.165) is 25.1 Å². The smallest absolute Gasteiger partial charge is 0.305 e. The van der Waals surface area contributed by atoms with Crippen LogP contribution < -0.4 is 0 Å². The third kappa shape index (κ3) is 8.17. The normalized spacial score (nSPS) is 12.5. The van der Waals surface area contributed by atoms with Crippen molar-refractivity contribution in [3.05, 3.63) is 24.2 Å². The highest BCUT2D eigenvalue weighted by Gasteiger charge is 2.15. The Morgan fingerprint density at radius 2 is 2.32 bits per heavy atom. The highest BCUT2D eigenvalue weighted by molar-refractivity contribution is 5.69. The van der Waals surface area contributed by atoms with Crippen LogP contribution in [0.5, 0.6) is 0 Å². The predicted octanol–water partition coefficient (Wildman–Crippen LogP) is 1.82. The number of aliphatic hydroxyl groups is 1. The Labute approximate surface area is 132 Å². The molecule has 1 aromatic heterocycles. The zero-order valence-electron chi connectivity index (χ0n) is 13.5. The van der Waals surface area contributed by atoms with Gasteiger partial charge in [-0.15, -0.1) is 0 Å². The largest absolute Gasteiger partial charge is 0.468 e. The lowest BCUT2D eigenvalue weighted by atomic mass is 10.3. The molecule has 126 valence electrons. The Balaban J connectivity index is 2.39. The minimum absolute atomic E-state index is 0.0256. The maximum Gasteiger partial charge on any atom is 0.305 e. The highest BCUT2D eigenvalue weighted by Crippen LogP contribution is 2.07. The average molecular weight is 313 g/mol. The summed E-state index contributed by atoms with van der Waals surface area (Å²) in [5, 5.41) is 10.0. The van der Waals surface area contributed by atoms with E-state index in [1.54, 1.807) is 13.4 Å². The summed E-state index contributed by atoms with van der Waals surface area (Å²) in [4.78, 5) is 13.4. The van der Waals surface area contributed by atoms with Gasteiger partial charge in [0.15, 0.2) is 0 Å². The molecule has 22 heavy (non-hydrogen) atoms. The van der Waals surface area contributed by atoms with Crippen LogP contribution in [0.15, 0.2) is 22.8 Å². The summed E-state index contributed by atoms with van der Waals surface area (Å²) in [6, 6.07) is 3.74. The second-order valence-corrected chi connectivity index (χ2v) is 5.25. The van der Waals surface area contributed by atoms with Crippen LogP contribution in [0.25, 0.3) is 0 Å². The van der Waals surface area contributed by atoms with Gasteiger partial charge >= 0.3 is 5.97 Å². The molecule has 1 heterocycles. The first-order valence-corrected chi connectivity index (χ1v) is 7.73. The van der Waals surface area contributed by atoms with E-state index in [-0.39, 0.29) is 12.6 Å². The molecule has 0 aliphatic heterocycles. The molecule has 0 spiro atoms. The molecule has 0 bridgehead atoms. The molecular weight excluding hydrogens is 286 g/mol. The van der Waals surface area contributed by atoms with E-state index in [9.17, 15) is 9.90 Å². The van der Waals surface area contributed by atoms with Crippen LogP contribution in [0.2, 0.25) is 0 Å². The maximum absolute atomic E-state index is 11.3. The van der Waals surface area contributed by atoms with E-state index >= 15 is 0 Å². The lowest BCUT2D eigenvalue weighted by Gasteiger charge is -2.24. The second kappa shape index (κ2) is 11.2. The highest BCUT2D eigenvalue weighted by atomic mass is 16.5. The Bertz CT molecular complexity index is 393. The number of carbonyl (C=O) groups is 1. The number of esters is 1. The molecule has 0 aliphatic carbocycles. The van der Waals surface area contributed by atoms with Crippen molar-refractivity contribution >= 4 is 5.97 Å². The van der Waals surface area contributed by atoms with Crippen molar-refractivity contribution in [2.24, 2.45) is 0 Å². The molecule has 6 nitrogen and oxygen atoms in total. The Morgan fingerprint density at radius 3 is 2.95 bits per heavy atom. The fourth-order valence-electron chi connectivity index (χ4n) is 2.11. The molecule has 0 saturated carbocycles. The number of carbonyl (C=O) groups excluding carboxylic acids is 1. The zero-order chi connectivity index (χ0) is 16.2. The lowest BCUT2D eigenvalue weighted by molar-refractivity contribution is -0.147. The van der Waals surface area contributed by atoms with Crippen LogP contribution in [0.1, 0.15) is 31.9 Å². The van der Waals surface area contributed by atoms with Crippen molar-refractivity contribution in [3.63, 3.8) is 0 Å². The van der Waals surface area contributed by atoms with E-state index in [1.807, 2.05) is 19.1 Å². The average Bonchev–Trinajstić information content (AvgIpc) is 2.98. The summed E-state index contributed by atoms with van der Waals surface area (Å²) < 4.78 is 15.4. The molecule has 0 saturated heterocycles. The molecule has 0 fully saturated rings. The SMILES string of the molecule is CCCC(=O)OCC(O)CN(CCCOC)Cc1ccco1. The number of hydrogen-bond donors (Lipinski definition) is 1. The van der Waals surface area contributed by atoms with Crippen LogP contribution in [-0.4, -0.2) is 55.5 Å². The molecule has 0 amide bonds. The molecule has 1 rings (SSSR count). The minimum Gasteiger partial charge on any atom is -0.468 e. The molecule has 6 heteroatoms. The number of ether oxygens (including phenoxy) is 2. The van der Waals surface area contributed by atoms with Gasteiger partial charge in [0.2, 0.25) is 0 Å². The summed E-state index contributed by atoms with van der Waals surface area (Å²) in [5.74, 6) is 0.575. The zero-order valence-corrected chi connectivity index (χ0v) is 13.5. The van der Waals surface area contributed by atoms with Crippen molar-refractivity contribution in [2.75, 3.05) is 33.4 Å². The quantitative estimate of drug-likeness (QED) is 0.469. The number of aliphatic hydroxyl groups excluding tert-OH is 1. The van der Waals surface area contributed by atoms with Crippen LogP contribution >= 0.6 is 0 Å². The maximum atomic E-state index is 11.3.